The topological polar surface area (TPSA) is 38.7 Å². The second kappa shape index (κ2) is 5.78. The second-order valence-corrected chi connectivity index (χ2v) is 5.72. The first-order valence-corrected chi connectivity index (χ1v) is 7.79. The fourth-order valence-electron chi connectivity index (χ4n) is 2.86. The van der Waals surface area contributed by atoms with Gasteiger partial charge in [-0.15, -0.1) is 0 Å². The zero-order valence-corrected chi connectivity index (χ0v) is 13.2. The van der Waals surface area contributed by atoms with Gasteiger partial charge in [0.15, 0.2) is 5.70 Å². The first-order chi connectivity index (χ1) is 11.7. The zero-order chi connectivity index (χ0) is 16.5. The molecule has 1 aliphatic heterocycles. The number of aliphatic imine (C=N–C) groups is 1. The van der Waals surface area contributed by atoms with E-state index in [1.54, 1.807) is 6.08 Å². The van der Waals surface area contributed by atoms with E-state index in [0.29, 0.717) is 11.6 Å². The molecule has 116 valence electrons. The van der Waals surface area contributed by atoms with Crippen LogP contribution in [0.2, 0.25) is 0 Å². The lowest BCUT2D eigenvalue weighted by Crippen LogP contribution is -2.04. The van der Waals surface area contributed by atoms with Crippen LogP contribution in [0.4, 0.5) is 0 Å². The van der Waals surface area contributed by atoms with E-state index in [0.717, 1.165) is 16.5 Å². The highest BCUT2D eigenvalue weighted by Gasteiger charge is 2.24. The average molecular weight is 313 g/mol. The summed E-state index contributed by atoms with van der Waals surface area (Å²) in [6.07, 6.45) is 1.79. The number of carbonyl (C=O) groups is 1. The quantitative estimate of drug-likeness (QED) is 0.516. The number of hydrogen-bond acceptors (Lipinski definition) is 3. The lowest BCUT2D eigenvalue weighted by Gasteiger charge is -2.05. The van der Waals surface area contributed by atoms with Gasteiger partial charge in [-0.1, -0.05) is 54.6 Å². The molecule has 4 rings (SSSR count). The van der Waals surface area contributed by atoms with Gasteiger partial charge in [0.05, 0.1) is 0 Å². The van der Waals surface area contributed by atoms with Crippen molar-refractivity contribution in [2.24, 2.45) is 4.99 Å². The predicted octanol–water partition coefficient (Wildman–Crippen LogP) is 4.49. The molecule has 24 heavy (non-hydrogen) atoms. The highest BCUT2D eigenvalue weighted by molar-refractivity contribution is 6.13. The maximum absolute atomic E-state index is 12.2. The van der Waals surface area contributed by atoms with Gasteiger partial charge < -0.3 is 4.74 Å². The molecule has 0 N–H and O–H groups in total. The lowest BCUT2D eigenvalue weighted by molar-refractivity contribution is -0.129. The van der Waals surface area contributed by atoms with Crippen molar-refractivity contribution in [1.82, 2.24) is 0 Å². The van der Waals surface area contributed by atoms with E-state index in [-0.39, 0.29) is 0 Å². The van der Waals surface area contributed by atoms with Gasteiger partial charge in [0.25, 0.3) is 0 Å². The Balaban J connectivity index is 1.80. The predicted molar refractivity (Wildman–Crippen MR) is 95.7 cm³/mol. The monoisotopic (exact) mass is 313 g/mol. The van der Waals surface area contributed by atoms with Crippen LogP contribution in [0.25, 0.3) is 16.8 Å². The fourth-order valence-corrected chi connectivity index (χ4v) is 2.86. The maximum atomic E-state index is 12.2. The summed E-state index contributed by atoms with van der Waals surface area (Å²) in [5.74, 6) is -0.0678. The number of benzene rings is 3. The van der Waals surface area contributed by atoms with Crippen LogP contribution in [-0.2, 0) is 9.53 Å². The summed E-state index contributed by atoms with van der Waals surface area (Å²) in [7, 11) is 0. The summed E-state index contributed by atoms with van der Waals surface area (Å²) in [5, 5.41) is 2.27. The van der Waals surface area contributed by atoms with Gasteiger partial charge in [0, 0.05) is 5.56 Å². The molecule has 0 saturated heterocycles. The molecule has 0 unspecified atom stereocenters. The molecule has 3 heteroatoms. The Kier molecular flexibility index (Phi) is 3.47. The number of rotatable bonds is 2. The van der Waals surface area contributed by atoms with E-state index in [1.807, 2.05) is 48.5 Å². The highest BCUT2D eigenvalue weighted by atomic mass is 16.6. The van der Waals surface area contributed by atoms with Crippen LogP contribution >= 0.6 is 0 Å². The summed E-state index contributed by atoms with van der Waals surface area (Å²) in [5.41, 5.74) is 3.28. The molecule has 3 aromatic carbocycles. The van der Waals surface area contributed by atoms with E-state index < -0.39 is 5.97 Å². The molecule has 0 amide bonds. The fraction of sp³-hybridized carbons (Fsp3) is 0.0476. The smallest absolute Gasteiger partial charge is 0.363 e. The molecule has 3 nitrogen and oxygen atoms in total. The Morgan fingerprint density at radius 2 is 1.58 bits per heavy atom. The number of esters is 1. The minimum Gasteiger partial charge on any atom is -0.402 e. The largest absolute Gasteiger partial charge is 0.402 e. The molecule has 0 aromatic heterocycles. The number of ether oxygens (including phenoxy) is 1. The first-order valence-electron chi connectivity index (χ1n) is 7.79. The highest BCUT2D eigenvalue weighted by Crippen LogP contribution is 2.26. The van der Waals surface area contributed by atoms with E-state index in [1.165, 1.54) is 10.9 Å². The summed E-state index contributed by atoms with van der Waals surface area (Å²) in [4.78, 5) is 16.5. The number of nitrogens with zero attached hydrogens (tertiary/aromatic N) is 1. The Morgan fingerprint density at radius 3 is 2.38 bits per heavy atom. The van der Waals surface area contributed by atoms with Crippen molar-refractivity contribution >= 4 is 28.7 Å². The van der Waals surface area contributed by atoms with Crippen molar-refractivity contribution in [3.63, 3.8) is 0 Å². The summed E-state index contributed by atoms with van der Waals surface area (Å²) >= 11 is 0. The number of fused-ring (bicyclic) bond motifs is 1. The third-order valence-electron chi connectivity index (χ3n) is 4.11. The van der Waals surface area contributed by atoms with Crippen LogP contribution < -0.4 is 0 Å². The molecule has 0 atom stereocenters. The van der Waals surface area contributed by atoms with E-state index in [4.69, 9.17) is 4.74 Å². The first kappa shape index (κ1) is 14.4. The van der Waals surface area contributed by atoms with Crippen LogP contribution in [0.3, 0.4) is 0 Å². The lowest BCUT2D eigenvalue weighted by atomic mass is 10.00. The SMILES string of the molecule is Cc1ccc(/C=C2\N=C(c3ccccc3)OC2=O)c2ccccc12. The van der Waals surface area contributed by atoms with E-state index in [2.05, 4.69) is 30.1 Å². The van der Waals surface area contributed by atoms with Crippen LogP contribution in [0.5, 0.6) is 0 Å². The molecule has 0 aliphatic carbocycles. The van der Waals surface area contributed by atoms with Crippen molar-refractivity contribution < 1.29 is 9.53 Å². The Hall–Kier alpha value is -3.20. The van der Waals surface area contributed by atoms with Gasteiger partial charge in [-0.25, -0.2) is 9.79 Å². The molecule has 0 fully saturated rings. The third-order valence-corrected chi connectivity index (χ3v) is 4.11. The summed E-state index contributed by atoms with van der Waals surface area (Å²) in [6.45, 7) is 2.08. The molecular weight excluding hydrogens is 298 g/mol. The van der Waals surface area contributed by atoms with Crippen molar-refractivity contribution in [3.05, 3.63) is 89.1 Å². The van der Waals surface area contributed by atoms with Gasteiger partial charge in [0.2, 0.25) is 5.90 Å². The van der Waals surface area contributed by atoms with Crippen LogP contribution in [0.1, 0.15) is 16.7 Å². The molecule has 0 radical (unpaired) electrons. The molecular formula is C21H15NO2. The average Bonchev–Trinajstić information content (AvgIpc) is 2.99. The number of hydrogen-bond donors (Lipinski definition) is 0. The number of cyclic esters (lactones) is 1. The number of aryl methyl sites for hydroxylation is 1. The minimum atomic E-state index is -0.418. The second-order valence-electron chi connectivity index (χ2n) is 5.72. The van der Waals surface area contributed by atoms with Gasteiger partial charge in [-0.2, -0.15) is 0 Å². The zero-order valence-electron chi connectivity index (χ0n) is 13.2. The minimum absolute atomic E-state index is 0.322. The standard InChI is InChI=1S/C21H15NO2/c1-14-11-12-16(18-10-6-5-9-17(14)18)13-19-21(23)24-20(22-19)15-7-3-2-4-8-15/h2-13H,1H3/b19-13-. The summed E-state index contributed by atoms with van der Waals surface area (Å²) in [6, 6.07) is 21.6. The maximum Gasteiger partial charge on any atom is 0.363 e. The Bertz CT molecular complexity index is 1000. The van der Waals surface area contributed by atoms with Crippen molar-refractivity contribution in [1.29, 1.82) is 0 Å². The van der Waals surface area contributed by atoms with Crippen LogP contribution in [-0.4, -0.2) is 11.9 Å². The molecule has 1 aliphatic rings. The van der Waals surface area contributed by atoms with Crippen LogP contribution in [0, 0.1) is 6.92 Å². The molecule has 1 heterocycles. The Morgan fingerprint density at radius 1 is 0.875 bits per heavy atom. The molecule has 3 aromatic rings. The van der Waals surface area contributed by atoms with Gasteiger partial charge in [-0.3, -0.25) is 0 Å². The Labute approximate surface area is 139 Å². The van der Waals surface area contributed by atoms with Crippen molar-refractivity contribution in [2.45, 2.75) is 6.92 Å². The normalized spacial score (nSPS) is 15.6. The number of carbonyl (C=O) groups excluding carboxylic acids is 1. The van der Waals surface area contributed by atoms with Crippen LogP contribution in [0.15, 0.2) is 77.4 Å². The van der Waals surface area contributed by atoms with E-state index in [9.17, 15) is 4.79 Å². The van der Waals surface area contributed by atoms with Gasteiger partial charge in [-0.05, 0) is 47.0 Å². The van der Waals surface area contributed by atoms with Crippen molar-refractivity contribution in [2.75, 3.05) is 0 Å². The molecule has 0 bridgehead atoms. The summed E-state index contributed by atoms with van der Waals surface area (Å²) < 4.78 is 5.31. The van der Waals surface area contributed by atoms with Gasteiger partial charge >= 0.3 is 5.97 Å². The molecule has 0 spiro atoms. The third kappa shape index (κ3) is 2.50. The molecule has 0 saturated carbocycles. The van der Waals surface area contributed by atoms with Gasteiger partial charge in [0.1, 0.15) is 0 Å². The van der Waals surface area contributed by atoms with Crippen molar-refractivity contribution in [3.8, 4) is 0 Å². The van der Waals surface area contributed by atoms with E-state index >= 15 is 0 Å².